The minimum atomic E-state index is -4.79. The van der Waals surface area contributed by atoms with E-state index in [0.717, 1.165) is 37.7 Å². The number of methoxy groups -OCH3 is 1. The van der Waals surface area contributed by atoms with E-state index >= 15 is 0 Å². The molecule has 1 atom stereocenters. The number of aromatic nitrogens is 2. The van der Waals surface area contributed by atoms with Gasteiger partial charge in [-0.2, -0.15) is 0 Å². The smallest absolute Gasteiger partial charge is 0.406 e. The minimum Gasteiger partial charge on any atom is -0.406 e. The quantitative estimate of drug-likeness (QED) is 0.722. The number of ether oxygens (including phenoxy) is 2. The highest BCUT2D eigenvalue weighted by Crippen LogP contribution is 2.24. The summed E-state index contributed by atoms with van der Waals surface area (Å²) in [5.41, 5.74) is -0.0136. The van der Waals surface area contributed by atoms with E-state index in [2.05, 4.69) is 20.0 Å². The maximum atomic E-state index is 12.6. The molecule has 0 bridgehead atoms. The fraction of sp³-hybridized carbons (Fsp3) is 0.389. The molecule has 0 aliphatic carbocycles. The lowest BCUT2D eigenvalue weighted by molar-refractivity contribution is -0.274. The van der Waals surface area contributed by atoms with Crippen LogP contribution in [0.1, 0.15) is 28.5 Å². The van der Waals surface area contributed by atoms with E-state index in [1.54, 1.807) is 0 Å². The van der Waals surface area contributed by atoms with Gasteiger partial charge in [-0.3, -0.25) is 14.6 Å². The second-order valence-corrected chi connectivity index (χ2v) is 6.39. The number of carbonyl (C=O) groups excluding carboxylic acids is 1. The summed E-state index contributed by atoms with van der Waals surface area (Å²) in [7, 11) is 1.42. The van der Waals surface area contributed by atoms with Gasteiger partial charge in [-0.1, -0.05) is 12.1 Å². The van der Waals surface area contributed by atoms with Crippen LogP contribution in [0.3, 0.4) is 0 Å². The normalized spacial score (nSPS) is 14.8. The van der Waals surface area contributed by atoms with Crippen LogP contribution in [0.15, 0.2) is 35.1 Å². The van der Waals surface area contributed by atoms with Crippen molar-refractivity contribution in [2.75, 3.05) is 31.7 Å². The maximum Gasteiger partial charge on any atom is 0.573 e. The van der Waals surface area contributed by atoms with Gasteiger partial charge in [-0.25, -0.2) is 4.98 Å². The summed E-state index contributed by atoms with van der Waals surface area (Å²) in [5, 5.41) is 2.69. The molecule has 0 spiro atoms. The van der Waals surface area contributed by atoms with Gasteiger partial charge >= 0.3 is 6.36 Å². The van der Waals surface area contributed by atoms with Gasteiger partial charge in [0.1, 0.15) is 11.4 Å². The molecule has 1 aromatic carbocycles. The molecule has 156 valence electrons. The molecule has 11 heteroatoms. The first kappa shape index (κ1) is 20.6. The topological polar surface area (TPSA) is 96.5 Å². The molecule has 3 rings (SSSR count). The van der Waals surface area contributed by atoms with E-state index in [0.29, 0.717) is 11.5 Å². The highest BCUT2D eigenvalue weighted by atomic mass is 19.4. The summed E-state index contributed by atoms with van der Waals surface area (Å²) in [6.45, 7) is 1.55. The number of nitrogens with one attached hydrogen (secondary N) is 2. The molecule has 0 saturated carbocycles. The Kier molecular flexibility index (Phi) is 6.06. The average molecular weight is 412 g/mol. The molecular formula is C18H19F3N4O4. The Morgan fingerprint density at radius 2 is 2.00 bits per heavy atom. The molecule has 1 aromatic heterocycles. The van der Waals surface area contributed by atoms with Gasteiger partial charge in [0.2, 0.25) is 5.95 Å². The molecule has 29 heavy (non-hydrogen) atoms. The molecular weight excluding hydrogens is 393 g/mol. The number of rotatable bonds is 7. The van der Waals surface area contributed by atoms with Gasteiger partial charge in [0.15, 0.2) is 0 Å². The Morgan fingerprint density at radius 3 is 2.55 bits per heavy atom. The number of halogens is 3. The van der Waals surface area contributed by atoms with Crippen LogP contribution in [-0.4, -0.2) is 49.0 Å². The second kappa shape index (κ2) is 8.52. The zero-order valence-corrected chi connectivity index (χ0v) is 15.5. The summed E-state index contributed by atoms with van der Waals surface area (Å²) >= 11 is 0. The number of nitrogens with zero attached hydrogens (tertiary/aromatic N) is 2. The highest BCUT2D eigenvalue weighted by Gasteiger charge is 2.31. The van der Waals surface area contributed by atoms with Crippen LogP contribution in [-0.2, 0) is 4.74 Å². The van der Waals surface area contributed by atoms with E-state index in [4.69, 9.17) is 4.74 Å². The molecule has 0 radical (unpaired) electrons. The van der Waals surface area contributed by atoms with Crippen molar-refractivity contribution in [1.82, 2.24) is 15.3 Å². The molecule has 1 amide bonds. The van der Waals surface area contributed by atoms with E-state index < -0.39 is 23.9 Å². The SMILES string of the molecule is COCC(NC(=O)c1cc(=O)[nH]c(N2CCC2)n1)c1ccc(OC(F)(F)F)cc1. The highest BCUT2D eigenvalue weighted by molar-refractivity contribution is 5.92. The van der Waals surface area contributed by atoms with Gasteiger partial charge in [0, 0.05) is 26.3 Å². The largest absolute Gasteiger partial charge is 0.573 e. The molecule has 2 aromatic rings. The molecule has 1 unspecified atom stereocenters. The number of alkyl halides is 3. The Hall–Kier alpha value is -3.08. The number of aromatic amines is 1. The molecule has 2 heterocycles. The van der Waals surface area contributed by atoms with Gasteiger partial charge < -0.3 is 19.7 Å². The molecule has 1 aliphatic heterocycles. The number of anilines is 1. The predicted octanol–water partition coefficient (Wildman–Crippen LogP) is 2.00. The Labute approximate surface area is 163 Å². The number of H-pyrrole nitrogens is 1. The van der Waals surface area contributed by atoms with Gasteiger partial charge in [-0.05, 0) is 24.1 Å². The summed E-state index contributed by atoms with van der Waals surface area (Å²) in [6.07, 6.45) is -3.81. The van der Waals surface area contributed by atoms with Gasteiger partial charge in [-0.15, -0.1) is 13.2 Å². The van der Waals surface area contributed by atoms with Crippen molar-refractivity contribution in [2.45, 2.75) is 18.8 Å². The molecule has 2 N–H and O–H groups in total. The van der Waals surface area contributed by atoms with Crippen molar-refractivity contribution in [2.24, 2.45) is 0 Å². The molecule has 1 fully saturated rings. The molecule has 1 saturated heterocycles. The van der Waals surface area contributed by atoms with Crippen LogP contribution >= 0.6 is 0 Å². The van der Waals surface area contributed by atoms with E-state index in [1.165, 1.54) is 19.2 Å². The first-order valence-corrected chi connectivity index (χ1v) is 8.77. The molecule has 1 aliphatic rings. The number of hydrogen-bond acceptors (Lipinski definition) is 6. The predicted molar refractivity (Wildman–Crippen MR) is 96.9 cm³/mol. The summed E-state index contributed by atoms with van der Waals surface area (Å²) in [4.78, 5) is 33.1. The summed E-state index contributed by atoms with van der Waals surface area (Å²) < 4.78 is 45.8. The van der Waals surface area contributed by atoms with E-state index in [9.17, 15) is 22.8 Å². The van der Waals surface area contributed by atoms with Gasteiger partial charge in [0.25, 0.3) is 11.5 Å². The average Bonchev–Trinajstić information content (AvgIpc) is 2.58. The number of amides is 1. The summed E-state index contributed by atoms with van der Waals surface area (Å²) in [6, 6.07) is 5.49. The third kappa shape index (κ3) is 5.47. The Balaban J connectivity index is 1.75. The third-order valence-electron chi connectivity index (χ3n) is 4.27. The van der Waals surface area contributed by atoms with Crippen molar-refractivity contribution in [3.8, 4) is 5.75 Å². The lowest BCUT2D eigenvalue weighted by Gasteiger charge is -2.31. The number of hydrogen-bond donors (Lipinski definition) is 2. The Bertz CT molecular complexity index is 911. The van der Waals surface area contributed by atoms with E-state index in [-0.39, 0.29) is 18.1 Å². The van der Waals surface area contributed by atoms with Gasteiger partial charge in [0.05, 0.1) is 12.6 Å². The number of benzene rings is 1. The minimum absolute atomic E-state index is 0.0613. The fourth-order valence-electron chi connectivity index (χ4n) is 2.76. The van der Waals surface area contributed by atoms with Crippen molar-refractivity contribution in [3.05, 3.63) is 51.9 Å². The fourth-order valence-corrected chi connectivity index (χ4v) is 2.76. The van der Waals surface area contributed by atoms with E-state index in [1.807, 2.05) is 4.90 Å². The van der Waals surface area contributed by atoms with Crippen LogP contribution in [0.2, 0.25) is 0 Å². The van der Waals surface area contributed by atoms with Crippen LogP contribution in [0, 0.1) is 0 Å². The second-order valence-electron chi connectivity index (χ2n) is 6.39. The van der Waals surface area contributed by atoms with Crippen LogP contribution in [0.25, 0.3) is 0 Å². The third-order valence-corrected chi connectivity index (χ3v) is 4.27. The van der Waals surface area contributed by atoms with Crippen LogP contribution in [0.5, 0.6) is 5.75 Å². The monoisotopic (exact) mass is 412 g/mol. The maximum absolute atomic E-state index is 12.6. The van der Waals surface area contributed by atoms with Crippen molar-refractivity contribution in [1.29, 1.82) is 0 Å². The van der Waals surface area contributed by atoms with Crippen molar-refractivity contribution >= 4 is 11.9 Å². The molecule has 8 nitrogen and oxygen atoms in total. The zero-order chi connectivity index (χ0) is 21.0. The summed E-state index contributed by atoms with van der Waals surface area (Å²) in [5.74, 6) is -0.652. The Morgan fingerprint density at radius 1 is 1.31 bits per heavy atom. The van der Waals surface area contributed by atoms with Crippen molar-refractivity contribution < 1.29 is 27.4 Å². The first-order chi connectivity index (χ1) is 13.7. The zero-order valence-electron chi connectivity index (χ0n) is 15.5. The van der Waals surface area contributed by atoms with Crippen LogP contribution in [0.4, 0.5) is 19.1 Å². The van der Waals surface area contributed by atoms with Crippen molar-refractivity contribution in [3.63, 3.8) is 0 Å². The lowest BCUT2D eigenvalue weighted by Crippen LogP contribution is -2.40. The van der Waals surface area contributed by atoms with Crippen LogP contribution < -0.4 is 20.5 Å². The lowest BCUT2D eigenvalue weighted by atomic mass is 10.1. The first-order valence-electron chi connectivity index (χ1n) is 8.77. The standard InChI is InChI=1S/C18H19F3N4O4/c1-28-10-14(11-3-5-12(6-4-11)29-18(19,20)21)22-16(27)13-9-15(26)24-17(23-13)25-7-2-8-25/h3-6,9,14H,2,7-8,10H2,1H3,(H,22,27)(H,23,24,26). The number of carbonyl (C=O) groups is 1.